The average Bonchev–Trinajstić information content (AvgIpc) is 3.41. The van der Waals surface area contributed by atoms with E-state index >= 15 is 0 Å². The minimum absolute atomic E-state index is 0.0133. The first-order chi connectivity index (χ1) is 37.7. The number of carboxylic acids is 1. The SMILES string of the molecule is CC(=O)N[C@H](Cc1ccc2ccccc2c1)C(=O)N[C@H](Cc1ccc(Cl)cc1)C(=O)N[C@H](Cc1cccnc1)C(=O)N[C@@H](CO)C(=O)N[C@@H](Cc1ccc(O)cc1)C(=O)N[C@H](CCCNC(N)=O)C(=O)N[C@@H](CC(C)C)C(=O)O. The van der Waals surface area contributed by atoms with Crippen molar-refractivity contribution < 1.29 is 58.5 Å². The van der Waals surface area contributed by atoms with Crippen molar-refractivity contribution in [1.82, 2.24) is 47.5 Å². The zero-order chi connectivity index (χ0) is 57.6. The smallest absolute Gasteiger partial charge is 0.326 e. The molecule has 0 aliphatic heterocycles. The third-order valence-electron chi connectivity index (χ3n) is 12.5. The van der Waals surface area contributed by atoms with Crippen LogP contribution < -0.4 is 48.3 Å². The van der Waals surface area contributed by atoms with Crippen LogP contribution in [-0.4, -0.2) is 129 Å². The first-order valence-electron chi connectivity index (χ1n) is 25.5. The van der Waals surface area contributed by atoms with Crippen molar-refractivity contribution in [3.63, 3.8) is 0 Å². The predicted octanol–water partition coefficient (Wildman–Crippen LogP) is 1.85. The van der Waals surface area contributed by atoms with Gasteiger partial charge in [0, 0.05) is 56.6 Å². The van der Waals surface area contributed by atoms with Crippen molar-refractivity contribution in [2.45, 2.75) is 108 Å². The van der Waals surface area contributed by atoms with Crippen molar-refractivity contribution >= 4 is 75.7 Å². The molecule has 0 fully saturated rings. The Morgan fingerprint density at radius 2 is 1.03 bits per heavy atom. The summed E-state index contributed by atoms with van der Waals surface area (Å²) in [5.41, 5.74) is 7.36. The summed E-state index contributed by atoms with van der Waals surface area (Å²) in [5.74, 6) is -7.52. The Balaban J connectivity index is 1.40. The quantitative estimate of drug-likeness (QED) is 0.0305. The Kier molecular flexibility index (Phi) is 23.5. The first-order valence-corrected chi connectivity index (χ1v) is 25.9. The summed E-state index contributed by atoms with van der Waals surface area (Å²) < 4.78 is 0. The number of halogens is 1. The number of phenols is 1. The number of fused-ring (bicyclic) bond motifs is 1. The Labute approximate surface area is 461 Å². The summed E-state index contributed by atoms with van der Waals surface area (Å²) in [6.07, 6.45) is 2.41. The molecule has 13 N–H and O–H groups in total. The van der Waals surface area contributed by atoms with Gasteiger partial charge in [0.25, 0.3) is 0 Å². The lowest BCUT2D eigenvalue weighted by atomic mass is 9.99. The highest BCUT2D eigenvalue weighted by atomic mass is 35.5. The van der Waals surface area contributed by atoms with Crippen LogP contribution in [0.1, 0.15) is 62.3 Å². The van der Waals surface area contributed by atoms with Gasteiger partial charge in [0.1, 0.15) is 48.0 Å². The van der Waals surface area contributed by atoms with Gasteiger partial charge < -0.3 is 63.6 Å². The maximum absolute atomic E-state index is 14.6. The van der Waals surface area contributed by atoms with Gasteiger partial charge in [0.2, 0.25) is 41.4 Å². The summed E-state index contributed by atoms with van der Waals surface area (Å²) in [4.78, 5) is 126. The number of aromatic nitrogens is 1. The number of primary amides is 1. The topological polar surface area (TPSA) is 349 Å². The maximum Gasteiger partial charge on any atom is 0.326 e. The van der Waals surface area contributed by atoms with Gasteiger partial charge in [-0.05, 0) is 88.5 Å². The zero-order valence-corrected chi connectivity index (χ0v) is 44.6. The number of carbonyl (C=O) groups is 9. The zero-order valence-electron chi connectivity index (χ0n) is 43.9. The number of phenolic OH excluding ortho intramolecular Hbond substituents is 1. The molecule has 0 aliphatic rings. The number of carboxylic acid groups (broad SMARTS) is 1. The molecule has 0 bridgehead atoms. The monoisotopic (exact) mass is 1110 g/mol. The summed E-state index contributed by atoms with van der Waals surface area (Å²) in [6.45, 7) is 3.74. The second-order valence-corrected chi connectivity index (χ2v) is 19.8. The minimum atomic E-state index is -1.78. The number of nitrogens with two attached hydrogens (primary N) is 1. The number of aliphatic hydroxyl groups is 1. The van der Waals surface area contributed by atoms with Gasteiger partial charge in [0.05, 0.1) is 6.61 Å². The Morgan fingerprint density at radius 3 is 1.54 bits per heavy atom. The number of benzene rings is 4. The summed E-state index contributed by atoms with van der Waals surface area (Å²) in [5, 5.41) is 53.3. The molecule has 1 heterocycles. The molecule has 7 atom stereocenters. The Hall–Kier alpha value is -8.63. The number of aromatic hydroxyl groups is 1. The number of amides is 9. The fourth-order valence-electron chi connectivity index (χ4n) is 8.47. The predicted molar refractivity (Wildman–Crippen MR) is 293 cm³/mol. The van der Waals surface area contributed by atoms with Crippen LogP contribution in [0.3, 0.4) is 0 Å². The van der Waals surface area contributed by atoms with Crippen molar-refractivity contribution in [3.05, 3.63) is 143 Å². The molecule has 420 valence electrons. The summed E-state index contributed by atoms with van der Waals surface area (Å²) in [7, 11) is 0. The highest BCUT2D eigenvalue weighted by Gasteiger charge is 2.35. The van der Waals surface area contributed by atoms with E-state index in [-0.39, 0.29) is 63.2 Å². The van der Waals surface area contributed by atoms with Gasteiger partial charge >= 0.3 is 12.0 Å². The largest absolute Gasteiger partial charge is 0.508 e. The molecule has 0 saturated carbocycles. The second kappa shape index (κ2) is 30.3. The highest BCUT2D eigenvalue weighted by Crippen LogP contribution is 2.19. The molecule has 23 heteroatoms. The third kappa shape index (κ3) is 20.4. The van der Waals surface area contributed by atoms with E-state index in [0.717, 1.165) is 16.3 Å². The molecule has 0 spiro atoms. The van der Waals surface area contributed by atoms with Crippen LogP contribution >= 0.6 is 11.6 Å². The van der Waals surface area contributed by atoms with E-state index in [9.17, 15) is 58.5 Å². The Morgan fingerprint density at radius 1 is 0.557 bits per heavy atom. The molecule has 0 saturated heterocycles. The van der Waals surface area contributed by atoms with Crippen molar-refractivity contribution in [2.24, 2.45) is 11.7 Å². The normalized spacial score (nSPS) is 13.7. The summed E-state index contributed by atoms with van der Waals surface area (Å²) >= 11 is 6.18. The molecule has 0 radical (unpaired) electrons. The number of hydrogen-bond acceptors (Lipinski definition) is 12. The van der Waals surface area contributed by atoms with Gasteiger partial charge in [-0.1, -0.05) is 98.2 Å². The molecule has 79 heavy (non-hydrogen) atoms. The van der Waals surface area contributed by atoms with Crippen LogP contribution in [0.4, 0.5) is 4.79 Å². The fourth-order valence-corrected chi connectivity index (χ4v) is 8.60. The van der Waals surface area contributed by atoms with Crippen LogP contribution in [0.2, 0.25) is 5.02 Å². The van der Waals surface area contributed by atoms with Crippen molar-refractivity contribution in [3.8, 4) is 5.75 Å². The molecule has 4 aromatic carbocycles. The van der Waals surface area contributed by atoms with E-state index in [1.165, 1.54) is 43.6 Å². The van der Waals surface area contributed by atoms with Crippen molar-refractivity contribution in [1.29, 1.82) is 0 Å². The average molecular weight is 1110 g/mol. The Bertz CT molecular complexity index is 2910. The molecule has 5 rings (SSSR count). The molecular formula is C56H67ClN10O12. The third-order valence-corrected chi connectivity index (χ3v) is 12.7. The maximum atomic E-state index is 14.6. The van der Waals surface area contributed by atoms with Crippen LogP contribution in [0.5, 0.6) is 5.75 Å². The number of pyridine rings is 1. The van der Waals surface area contributed by atoms with Crippen molar-refractivity contribution in [2.75, 3.05) is 13.2 Å². The first kappa shape index (κ1) is 61.2. The number of carbonyl (C=O) groups excluding carboxylic acids is 8. The van der Waals surface area contributed by atoms with E-state index in [1.54, 1.807) is 50.2 Å². The molecular weight excluding hydrogens is 1040 g/mol. The lowest BCUT2D eigenvalue weighted by Gasteiger charge is -2.28. The molecule has 5 aromatic rings. The number of hydrogen-bond donors (Lipinski definition) is 12. The van der Waals surface area contributed by atoms with E-state index in [0.29, 0.717) is 21.7 Å². The number of nitrogens with zero attached hydrogens (tertiary/aromatic N) is 1. The standard InChI is InChI=1S/C56H67ClN10O12/c1-32(2)24-47(55(77)78)66-49(71)42(11-7-23-60-56(58)79)62-51(73)44(27-35-15-20-41(70)21-16-35)65-54(76)48(31-68)67-53(75)46(29-37-8-6-22-59-30-37)64-52(74)45(26-34-13-18-40(57)19-14-34)63-50(72)43(61-33(3)69)28-36-12-17-38-9-4-5-10-39(38)25-36/h4-6,8-10,12-22,25,30,32,42-48,68,70H,7,11,23-24,26-29,31H2,1-3H3,(H,61,69)(H,62,73)(H,63,72)(H,64,74)(H,65,76)(H,66,71)(H,67,75)(H,77,78)(H3,58,60,79)/t42-,43-,44+,45-,46-,47+,48+/m1/s1. The highest BCUT2D eigenvalue weighted by molar-refractivity contribution is 6.30. The van der Waals surface area contributed by atoms with E-state index in [4.69, 9.17) is 17.3 Å². The van der Waals surface area contributed by atoms with E-state index in [2.05, 4.69) is 47.5 Å². The lowest BCUT2D eigenvalue weighted by molar-refractivity contribution is -0.143. The number of nitrogens with one attached hydrogen (secondary N) is 8. The number of aliphatic carboxylic acids is 1. The second-order valence-electron chi connectivity index (χ2n) is 19.4. The van der Waals surface area contributed by atoms with Gasteiger partial charge in [-0.2, -0.15) is 0 Å². The minimum Gasteiger partial charge on any atom is -0.508 e. The van der Waals surface area contributed by atoms with Crippen LogP contribution in [-0.2, 0) is 64.0 Å². The molecule has 0 unspecified atom stereocenters. The molecule has 1 aromatic heterocycles. The number of urea groups is 1. The van der Waals surface area contributed by atoms with E-state index in [1.807, 2.05) is 42.5 Å². The molecule has 0 aliphatic carbocycles. The van der Waals surface area contributed by atoms with Crippen LogP contribution in [0, 0.1) is 5.92 Å². The number of aliphatic hydroxyl groups excluding tert-OH is 1. The fraction of sp³-hybridized carbons (Fsp3) is 0.357. The van der Waals surface area contributed by atoms with Gasteiger partial charge in [-0.15, -0.1) is 0 Å². The van der Waals surface area contributed by atoms with Gasteiger partial charge in [-0.3, -0.25) is 38.5 Å². The lowest BCUT2D eigenvalue weighted by Crippen LogP contribution is -2.61. The summed E-state index contributed by atoms with van der Waals surface area (Å²) in [6, 6.07) is 17.6. The van der Waals surface area contributed by atoms with Gasteiger partial charge in [-0.25, -0.2) is 9.59 Å². The number of rotatable bonds is 29. The molecule has 22 nitrogen and oxygen atoms in total. The van der Waals surface area contributed by atoms with E-state index < -0.39 is 102 Å². The molecule has 9 amide bonds. The van der Waals surface area contributed by atoms with Crippen LogP contribution in [0.15, 0.2) is 116 Å². The van der Waals surface area contributed by atoms with Gasteiger partial charge in [0.15, 0.2) is 0 Å². The van der Waals surface area contributed by atoms with Crippen LogP contribution in [0.25, 0.3) is 10.8 Å².